The van der Waals surface area contributed by atoms with Gasteiger partial charge in [-0.15, -0.1) is 0 Å². The summed E-state index contributed by atoms with van der Waals surface area (Å²) in [6.45, 7) is 1.50. The first-order valence-corrected chi connectivity index (χ1v) is 5.16. The van der Waals surface area contributed by atoms with E-state index in [4.69, 9.17) is 22.7 Å². The van der Waals surface area contributed by atoms with Gasteiger partial charge in [-0.3, -0.25) is 0 Å². The first-order valence-electron chi connectivity index (χ1n) is 4.75. The number of benzene rings is 1. The molecule has 0 fully saturated rings. The maximum atomic E-state index is 5.65. The Morgan fingerprint density at radius 2 is 2.13 bits per heavy atom. The van der Waals surface area contributed by atoms with Crippen molar-refractivity contribution in [3.05, 3.63) is 29.8 Å². The number of thiocarbonyl (C=S) groups is 1. The molecule has 0 bridgehead atoms. The zero-order chi connectivity index (χ0) is 11.3. The van der Waals surface area contributed by atoms with Crippen LogP contribution in [0.2, 0.25) is 0 Å². The van der Waals surface area contributed by atoms with E-state index in [0.717, 1.165) is 17.8 Å². The Bertz CT molecular complexity index is 341. The third kappa shape index (κ3) is 3.18. The maximum Gasteiger partial charge on any atom is 0.106 e. The highest BCUT2D eigenvalue weighted by molar-refractivity contribution is 7.80. The molecule has 2 N–H and O–H groups in total. The summed E-state index contributed by atoms with van der Waals surface area (Å²) in [7, 11) is 3.68. The number of anilines is 1. The van der Waals surface area contributed by atoms with Crippen molar-refractivity contribution in [2.24, 2.45) is 5.73 Å². The monoisotopic (exact) mass is 224 g/mol. The molecular formula is C11H16N2OS. The summed E-state index contributed by atoms with van der Waals surface area (Å²) in [5.74, 6) is 0. The summed E-state index contributed by atoms with van der Waals surface area (Å²) < 4.78 is 5.03. The molecule has 0 spiro atoms. The molecule has 4 heteroatoms. The second kappa shape index (κ2) is 5.68. The Morgan fingerprint density at radius 3 is 2.73 bits per heavy atom. The Balaban J connectivity index is 2.87. The van der Waals surface area contributed by atoms with Crippen molar-refractivity contribution in [2.45, 2.75) is 0 Å². The van der Waals surface area contributed by atoms with Crippen LogP contribution in [0.4, 0.5) is 5.69 Å². The Labute approximate surface area is 95.8 Å². The number of nitrogens with two attached hydrogens (primary N) is 1. The molecule has 0 aliphatic carbocycles. The van der Waals surface area contributed by atoms with Crippen LogP contribution in [0.5, 0.6) is 0 Å². The molecule has 0 heterocycles. The van der Waals surface area contributed by atoms with Gasteiger partial charge < -0.3 is 15.4 Å². The SMILES string of the molecule is COCCN(C)c1ccccc1C(N)=S. The van der Waals surface area contributed by atoms with Gasteiger partial charge in [-0.2, -0.15) is 0 Å². The highest BCUT2D eigenvalue weighted by atomic mass is 32.1. The first kappa shape index (κ1) is 11.9. The fraction of sp³-hybridized carbons (Fsp3) is 0.364. The Kier molecular flexibility index (Phi) is 4.52. The number of hydrogen-bond acceptors (Lipinski definition) is 3. The summed E-state index contributed by atoms with van der Waals surface area (Å²) >= 11 is 5.00. The molecule has 0 aliphatic rings. The molecule has 0 aliphatic heterocycles. The normalized spacial score (nSPS) is 10.0. The van der Waals surface area contributed by atoms with Gasteiger partial charge in [-0.25, -0.2) is 0 Å². The van der Waals surface area contributed by atoms with Gasteiger partial charge >= 0.3 is 0 Å². The molecule has 1 rings (SSSR count). The minimum Gasteiger partial charge on any atom is -0.389 e. The quantitative estimate of drug-likeness (QED) is 0.767. The van der Waals surface area contributed by atoms with Gasteiger partial charge in [0.1, 0.15) is 4.99 Å². The lowest BCUT2D eigenvalue weighted by Crippen LogP contribution is -2.25. The molecular weight excluding hydrogens is 208 g/mol. The molecule has 1 aromatic rings. The predicted octanol–water partition coefficient (Wildman–Crippen LogP) is 1.40. The van der Waals surface area contributed by atoms with E-state index in [1.165, 1.54) is 0 Å². The minimum atomic E-state index is 0.426. The third-order valence-electron chi connectivity index (χ3n) is 2.21. The molecule has 15 heavy (non-hydrogen) atoms. The van der Waals surface area contributed by atoms with Crippen molar-refractivity contribution in [3.8, 4) is 0 Å². The molecule has 0 amide bonds. The van der Waals surface area contributed by atoms with Crippen LogP contribution in [-0.2, 0) is 4.74 Å². The van der Waals surface area contributed by atoms with Gasteiger partial charge in [0.05, 0.1) is 6.61 Å². The van der Waals surface area contributed by atoms with Gasteiger partial charge in [0, 0.05) is 32.0 Å². The van der Waals surface area contributed by atoms with Crippen LogP contribution in [0.3, 0.4) is 0 Å². The van der Waals surface area contributed by atoms with Crippen molar-refractivity contribution in [1.82, 2.24) is 0 Å². The number of hydrogen-bond donors (Lipinski definition) is 1. The smallest absolute Gasteiger partial charge is 0.106 e. The number of ether oxygens (including phenoxy) is 1. The van der Waals surface area contributed by atoms with E-state index in [2.05, 4.69) is 4.90 Å². The Morgan fingerprint density at radius 1 is 1.47 bits per heavy atom. The summed E-state index contributed by atoms with van der Waals surface area (Å²) in [6.07, 6.45) is 0. The second-order valence-corrected chi connectivity index (χ2v) is 3.74. The van der Waals surface area contributed by atoms with E-state index >= 15 is 0 Å². The van der Waals surface area contributed by atoms with Crippen LogP contribution < -0.4 is 10.6 Å². The van der Waals surface area contributed by atoms with E-state index < -0.39 is 0 Å². The molecule has 1 aromatic carbocycles. The maximum absolute atomic E-state index is 5.65. The van der Waals surface area contributed by atoms with E-state index in [0.29, 0.717) is 11.6 Å². The number of nitrogens with zero attached hydrogens (tertiary/aromatic N) is 1. The lowest BCUT2D eigenvalue weighted by atomic mass is 10.1. The second-order valence-electron chi connectivity index (χ2n) is 3.30. The molecule has 0 unspecified atom stereocenters. The van der Waals surface area contributed by atoms with E-state index in [-0.39, 0.29) is 0 Å². The highest BCUT2D eigenvalue weighted by Crippen LogP contribution is 2.18. The van der Waals surface area contributed by atoms with Gasteiger partial charge in [-0.05, 0) is 12.1 Å². The van der Waals surface area contributed by atoms with Gasteiger partial charge in [0.2, 0.25) is 0 Å². The fourth-order valence-corrected chi connectivity index (χ4v) is 1.54. The zero-order valence-corrected chi connectivity index (χ0v) is 9.88. The van der Waals surface area contributed by atoms with E-state index in [1.54, 1.807) is 7.11 Å². The third-order valence-corrected chi connectivity index (χ3v) is 2.43. The van der Waals surface area contributed by atoms with Crippen molar-refractivity contribution in [3.63, 3.8) is 0 Å². The molecule has 82 valence electrons. The number of methoxy groups -OCH3 is 1. The number of likely N-dealkylation sites (N-methyl/N-ethyl adjacent to an activating group) is 1. The van der Waals surface area contributed by atoms with Crippen LogP contribution in [0, 0.1) is 0 Å². The summed E-state index contributed by atoms with van der Waals surface area (Å²) in [4.78, 5) is 2.51. The van der Waals surface area contributed by atoms with Crippen LogP contribution in [0.15, 0.2) is 24.3 Å². The van der Waals surface area contributed by atoms with Crippen molar-refractivity contribution in [2.75, 3.05) is 32.2 Å². The largest absolute Gasteiger partial charge is 0.389 e. The van der Waals surface area contributed by atoms with Crippen molar-refractivity contribution >= 4 is 22.9 Å². The average molecular weight is 224 g/mol. The molecule has 0 atom stereocenters. The predicted molar refractivity (Wildman–Crippen MR) is 67.5 cm³/mol. The average Bonchev–Trinajstić information content (AvgIpc) is 2.25. The van der Waals surface area contributed by atoms with E-state index in [9.17, 15) is 0 Å². The Hall–Kier alpha value is -1.13. The van der Waals surface area contributed by atoms with E-state index in [1.807, 2.05) is 31.3 Å². The topological polar surface area (TPSA) is 38.5 Å². The van der Waals surface area contributed by atoms with Gasteiger partial charge in [-0.1, -0.05) is 24.4 Å². The molecule has 3 nitrogen and oxygen atoms in total. The van der Waals surface area contributed by atoms with Crippen molar-refractivity contribution in [1.29, 1.82) is 0 Å². The highest BCUT2D eigenvalue weighted by Gasteiger charge is 2.07. The van der Waals surface area contributed by atoms with Gasteiger partial charge in [0.25, 0.3) is 0 Å². The van der Waals surface area contributed by atoms with Gasteiger partial charge in [0.15, 0.2) is 0 Å². The lowest BCUT2D eigenvalue weighted by molar-refractivity contribution is 0.206. The van der Waals surface area contributed by atoms with Crippen molar-refractivity contribution < 1.29 is 4.74 Å². The standard InChI is InChI=1S/C11H16N2OS/c1-13(7-8-14-2)10-6-4-3-5-9(10)11(12)15/h3-6H,7-8H2,1-2H3,(H2,12,15). The van der Waals surface area contributed by atoms with Crippen LogP contribution in [0.1, 0.15) is 5.56 Å². The lowest BCUT2D eigenvalue weighted by Gasteiger charge is -2.21. The molecule has 0 saturated heterocycles. The van der Waals surface area contributed by atoms with Crippen LogP contribution in [-0.4, -0.2) is 32.3 Å². The van der Waals surface area contributed by atoms with Crippen LogP contribution in [0.25, 0.3) is 0 Å². The number of para-hydroxylation sites is 1. The number of rotatable bonds is 5. The summed E-state index contributed by atoms with van der Waals surface area (Å²) in [5.41, 5.74) is 7.61. The summed E-state index contributed by atoms with van der Waals surface area (Å²) in [6, 6.07) is 7.84. The fourth-order valence-electron chi connectivity index (χ4n) is 1.36. The van der Waals surface area contributed by atoms with Crippen LogP contribution >= 0.6 is 12.2 Å². The molecule has 0 radical (unpaired) electrons. The molecule has 0 aromatic heterocycles. The molecule has 0 saturated carbocycles. The zero-order valence-electron chi connectivity index (χ0n) is 9.06. The minimum absolute atomic E-state index is 0.426. The summed E-state index contributed by atoms with van der Waals surface area (Å²) in [5, 5.41) is 0. The first-order chi connectivity index (χ1) is 7.16.